The van der Waals surface area contributed by atoms with Gasteiger partial charge in [0.1, 0.15) is 0 Å². The van der Waals surface area contributed by atoms with E-state index in [1.807, 2.05) is 6.92 Å². The summed E-state index contributed by atoms with van der Waals surface area (Å²) < 4.78 is 0. The van der Waals surface area contributed by atoms with Crippen molar-refractivity contribution >= 4 is 5.97 Å². The molecule has 4 rings (SSSR count). The zero-order chi connectivity index (χ0) is 12.5. The first-order valence-corrected chi connectivity index (χ1v) is 6.81. The molecule has 2 bridgehead atoms. The normalized spacial score (nSPS) is 55.9. The van der Waals surface area contributed by atoms with Gasteiger partial charge in [0.2, 0.25) is 0 Å². The first-order chi connectivity index (χ1) is 7.87. The van der Waals surface area contributed by atoms with Gasteiger partial charge in [0, 0.05) is 5.41 Å². The van der Waals surface area contributed by atoms with Gasteiger partial charge >= 0.3 is 5.97 Å². The van der Waals surface area contributed by atoms with Crippen molar-refractivity contribution in [3.63, 3.8) is 0 Å². The molecule has 2 heteroatoms. The Morgan fingerprint density at radius 3 is 2.47 bits per heavy atom. The molecule has 4 aliphatic carbocycles. The largest absolute Gasteiger partial charge is 0.481 e. The van der Waals surface area contributed by atoms with Gasteiger partial charge in [-0.05, 0) is 49.9 Å². The number of aliphatic carboxylic acids is 1. The quantitative estimate of drug-likeness (QED) is 0.705. The van der Waals surface area contributed by atoms with Crippen LogP contribution in [0.5, 0.6) is 0 Å². The van der Waals surface area contributed by atoms with Crippen LogP contribution in [0.3, 0.4) is 0 Å². The topological polar surface area (TPSA) is 37.3 Å². The zero-order valence-electron chi connectivity index (χ0n) is 11.0. The lowest BCUT2D eigenvalue weighted by atomic mass is 9.42. The van der Waals surface area contributed by atoms with Crippen LogP contribution in [0.2, 0.25) is 0 Å². The second-order valence-electron chi connectivity index (χ2n) is 6.90. The zero-order valence-corrected chi connectivity index (χ0v) is 11.0. The number of hydrogen-bond donors (Lipinski definition) is 1. The molecule has 94 valence electrons. The number of fused-ring (bicyclic) bond motifs is 1. The number of carboxylic acids is 1. The predicted octanol–water partition coefficient (Wildman–Crippen LogP) is 3.48. The van der Waals surface area contributed by atoms with Crippen LogP contribution >= 0.6 is 0 Å². The third-order valence-corrected chi connectivity index (χ3v) is 6.62. The molecular formula is C15H22O2. The fourth-order valence-electron chi connectivity index (χ4n) is 5.03. The van der Waals surface area contributed by atoms with Crippen LogP contribution in [0, 0.1) is 28.1 Å². The molecule has 5 atom stereocenters. The van der Waals surface area contributed by atoms with E-state index in [2.05, 4.69) is 26.0 Å². The molecule has 2 nitrogen and oxygen atoms in total. The fourth-order valence-corrected chi connectivity index (χ4v) is 5.03. The summed E-state index contributed by atoms with van der Waals surface area (Å²) in [5.41, 5.74) is -0.523. The Kier molecular flexibility index (Phi) is 1.97. The van der Waals surface area contributed by atoms with Crippen molar-refractivity contribution in [1.29, 1.82) is 0 Å². The summed E-state index contributed by atoms with van der Waals surface area (Å²) in [4.78, 5) is 11.9. The van der Waals surface area contributed by atoms with E-state index in [-0.39, 0.29) is 10.8 Å². The molecule has 17 heavy (non-hydrogen) atoms. The molecule has 1 N–H and O–H groups in total. The number of hydrogen-bond acceptors (Lipinski definition) is 1. The molecule has 2 saturated carbocycles. The van der Waals surface area contributed by atoms with Crippen LogP contribution in [0.1, 0.15) is 46.5 Å². The third-order valence-electron chi connectivity index (χ3n) is 6.62. The van der Waals surface area contributed by atoms with E-state index in [4.69, 9.17) is 0 Å². The summed E-state index contributed by atoms with van der Waals surface area (Å²) >= 11 is 0. The Morgan fingerprint density at radius 2 is 1.94 bits per heavy atom. The summed E-state index contributed by atoms with van der Waals surface area (Å²) in [6.45, 7) is 6.44. The van der Waals surface area contributed by atoms with Gasteiger partial charge in [-0.2, -0.15) is 0 Å². The van der Waals surface area contributed by atoms with Crippen molar-refractivity contribution in [3.05, 3.63) is 12.2 Å². The van der Waals surface area contributed by atoms with Gasteiger partial charge in [-0.1, -0.05) is 26.0 Å². The maximum absolute atomic E-state index is 11.9. The summed E-state index contributed by atoms with van der Waals surface area (Å²) in [7, 11) is 0. The lowest BCUT2D eigenvalue weighted by molar-refractivity contribution is -0.173. The molecule has 0 unspecified atom stereocenters. The van der Waals surface area contributed by atoms with Crippen molar-refractivity contribution in [2.45, 2.75) is 46.5 Å². The first-order valence-electron chi connectivity index (χ1n) is 6.81. The van der Waals surface area contributed by atoms with Gasteiger partial charge in [-0.15, -0.1) is 0 Å². The highest BCUT2D eigenvalue weighted by Crippen LogP contribution is 2.71. The number of carbonyl (C=O) groups is 1. The monoisotopic (exact) mass is 234 g/mol. The molecule has 0 radical (unpaired) electrons. The maximum atomic E-state index is 11.9. The second kappa shape index (κ2) is 2.96. The van der Waals surface area contributed by atoms with Crippen LogP contribution in [-0.2, 0) is 4.79 Å². The van der Waals surface area contributed by atoms with Gasteiger partial charge in [0.05, 0.1) is 5.41 Å². The van der Waals surface area contributed by atoms with E-state index in [0.717, 1.165) is 12.8 Å². The summed E-state index contributed by atoms with van der Waals surface area (Å²) in [6, 6.07) is 0. The molecule has 0 heterocycles. The fraction of sp³-hybridized carbons (Fsp3) is 0.800. The van der Waals surface area contributed by atoms with E-state index < -0.39 is 11.4 Å². The van der Waals surface area contributed by atoms with Gasteiger partial charge in [-0.3, -0.25) is 4.79 Å². The van der Waals surface area contributed by atoms with Crippen LogP contribution in [0.4, 0.5) is 0 Å². The average Bonchev–Trinajstić information content (AvgIpc) is 2.61. The summed E-state index contributed by atoms with van der Waals surface area (Å²) in [5.74, 6) is 0.394. The molecule has 0 aliphatic heterocycles. The molecule has 0 aromatic heterocycles. The lowest BCUT2D eigenvalue weighted by Crippen LogP contribution is -2.59. The highest BCUT2D eigenvalue weighted by atomic mass is 16.4. The van der Waals surface area contributed by atoms with Crippen molar-refractivity contribution < 1.29 is 9.90 Å². The van der Waals surface area contributed by atoms with E-state index in [1.54, 1.807) is 0 Å². The summed E-state index contributed by atoms with van der Waals surface area (Å²) in [6.07, 6.45) is 9.10. The highest BCUT2D eigenvalue weighted by molar-refractivity contribution is 5.77. The SMILES string of the molecule is C[C@H]1CC[C@@H]2[C@@]13C=C[C@@](C)(CC3)[C@@]2(C)C(=O)O. The molecule has 0 saturated heterocycles. The van der Waals surface area contributed by atoms with Crippen molar-refractivity contribution in [3.8, 4) is 0 Å². The van der Waals surface area contributed by atoms with Crippen molar-refractivity contribution in [2.24, 2.45) is 28.1 Å². The van der Waals surface area contributed by atoms with E-state index in [0.29, 0.717) is 11.8 Å². The lowest BCUT2D eigenvalue weighted by Gasteiger charge is -2.61. The molecular weight excluding hydrogens is 212 g/mol. The highest BCUT2D eigenvalue weighted by Gasteiger charge is 2.68. The number of rotatable bonds is 1. The van der Waals surface area contributed by atoms with Crippen molar-refractivity contribution in [1.82, 2.24) is 0 Å². The van der Waals surface area contributed by atoms with E-state index in [1.165, 1.54) is 12.8 Å². The molecule has 2 fully saturated rings. The Balaban J connectivity index is 2.20. The Labute approximate surface area is 103 Å². The Hall–Kier alpha value is -0.790. The summed E-state index contributed by atoms with van der Waals surface area (Å²) in [5, 5.41) is 9.78. The Bertz CT molecular complexity index is 413. The van der Waals surface area contributed by atoms with Gasteiger partial charge in [0.25, 0.3) is 0 Å². The molecule has 0 aromatic rings. The van der Waals surface area contributed by atoms with E-state index >= 15 is 0 Å². The standard InChI is InChI=1S/C15H22O2/c1-10-4-5-11-14(3,12(16)17)13(2)6-8-15(10,11)9-7-13/h6,8,10-11H,4-5,7,9H2,1-3H3,(H,16,17)/t10-,11-,13-,14+,15+/m0/s1. The minimum absolute atomic E-state index is 0.144. The van der Waals surface area contributed by atoms with E-state index in [9.17, 15) is 9.90 Å². The minimum Gasteiger partial charge on any atom is -0.481 e. The van der Waals surface area contributed by atoms with Gasteiger partial charge in [-0.25, -0.2) is 0 Å². The van der Waals surface area contributed by atoms with Crippen LogP contribution in [0.15, 0.2) is 12.2 Å². The molecule has 4 aliphatic rings. The Morgan fingerprint density at radius 1 is 1.24 bits per heavy atom. The van der Waals surface area contributed by atoms with Crippen LogP contribution in [0.25, 0.3) is 0 Å². The number of carboxylic acid groups (broad SMARTS) is 1. The average molecular weight is 234 g/mol. The molecule has 1 spiro atoms. The van der Waals surface area contributed by atoms with Gasteiger partial charge in [0.15, 0.2) is 0 Å². The van der Waals surface area contributed by atoms with Crippen molar-refractivity contribution in [2.75, 3.05) is 0 Å². The van der Waals surface area contributed by atoms with Gasteiger partial charge < -0.3 is 5.11 Å². The third kappa shape index (κ3) is 1.01. The predicted molar refractivity (Wildman–Crippen MR) is 66.5 cm³/mol. The second-order valence-corrected chi connectivity index (χ2v) is 6.90. The smallest absolute Gasteiger partial charge is 0.310 e. The molecule has 0 aromatic carbocycles. The van der Waals surface area contributed by atoms with Crippen LogP contribution < -0.4 is 0 Å². The maximum Gasteiger partial charge on any atom is 0.310 e. The van der Waals surface area contributed by atoms with Crippen LogP contribution in [-0.4, -0.2) is 11.1 Å². The molecule has 0 amide bonds. The minimum atomic E-state index is -0.590. The first kappa shape index (κ1) is 11.3. The number of allylic oxidation sites excluding steroid dienone is 2.